The largest absolute Gasteiger partial charge is 0.572 e. The molecule has 1 aliphatic carbocycles. The Kier molecular flexibility index (Phi) is 5.06. The summed E-state index contributed by atoms with van der Waals surface area (Å²) in [5.41, 5.74) is 2.88. The number of amides is 1. The van der Waals surface area contributed by atoms with Gasteiger partial charge in [0.1, 0.15) is 11.5 Å². The molecule has 1 aromatic rings. The van der Waals surface area contributed by atoms with Gasteiger partial charge in [-0.15, -0.1) is 13.2 Å². The number of Topliss-reactive ketones (excluding diaryl/α,β-unsaturated/α-hetero) is 1. The lowest BCUT2D eigenvalue weighted by Gasteiger charge is -2.19. The Hall–Kier alpha value is -3.03. The third-order valence-corrected chi connectivity index (χ3v) is 4.50. The minimum Gasteiger partial charge on any atom is -0.496 e. The van der Waals surface area contributed by atoms with Crippen LogP contribution in [0.2, 0.25) is 0 Å². The molecule has 5 nitrogen and oxygen atoms in total. The number of ketones is 1. The third-order valence-electron chi connectivity index (χ3n) is 4.50. The van der Waals surface area contributed by atoms with Crippen LogP contribution in [0.4, 0.5) is 13.2 Å². The molecular weight excluding hydrogens is 375 g/mol. The van der Waals surface area contributed by atoms with Crippen LogP contribution in [0.1, 0.15) is 23.1 Å². The van der Waals surface area contributed by atoms with E-state index in [0.717, 1.165) is 28.5 Å². The summed E-state index contributed by atoms with van der Waals surface area (Å²) in [5, 5.41) is 0. The summed E-state index contributed by atoms with van der Waals surface area (Å²) in [4.78, 5) is 26.0. The van der Waals surface area contributed by atoms with Gasteiger partial charge in [-0.3, -0.25) is 9.59 Å². The van der Waals surface area contributed by atoms with E-state index < -0.39 is 18.1 Å². The van der Waals surface area contributed by atoms with Crippen LogP contribution in [0.25, 0.3) is 0 Å². The SMILES string of the molecule is COc1c(C)cc(CN2C(=O)C(=O)C3=CCC(OC(F)(F)F)=CC=C32)cc1C. The fraction of sp³-hybridized carbons (Fsp3) is 0.300. The molecule has 0 spiro atoms. The van der Waals surface area contributed by atoms with Crippen LogP contribution in [0.5, 0.6) is 5.75 Å². The number of nitrogens with zero attached hydrogens (tertiary/aromatic N) is 1. The number of rotatable bonds is 4. The number of likely N-dealkylation sites (tertiary alicyclic amines) is 1. The molecule has 0 saturated carbocycles. The van der Waals surface area contributed by atoms with E-state index in [0.29, 0.717) is 0 Å². The predicted molar refractivity (Wildman–Crippen MR) is 94.0 cm³/mol. The van der Waals surface area contributed by atoms with Gasteiger partial charge >= 0.3 is 6.36 Å². The highest BCUT2D eigenvalue weighted by Gasteiger charge is 2.40. The summed E-state index contributed by atoms with van der Waals surface area (Å²) in [6, 6.07) is 3.69. The van der Waals surface area contributed by atoms with Gasteiger partial charge < -0.3 is 14.4 Å². The Balaban J connectivity index is 1.93. The number of allylic oxidation sites excluding steroid dienone is 4. The van der Waals surface area contributed by atoms with E-state index in [1.54, 1.807) is 7.11 Å². The number of benzene rings is 1. The minimum absolute atomic E-state index is 0.0870. The number of hydrogen-bond donors (Lipinski definition) is 0. The van der Waals surface area contributed by atoms with Crippen LogP contribution in [0.15, 0.2) is 47.4 Å². The number of methoxy groups -OCH3 is 1. The second-order valence-corrected chi connectivity index (χ2v) is 6.54. The van der Waals surface area contributed by atoms with Crippen molar-refractivity contribution in [2.45, 2.75) is 33.2 Å². The fourth-order valence-electron chi connectivity index (χ4n) is 3.45. The molecule has 0 aromatic heterocycles. The number of halogens is 3. The van der Waals surface area contributed by atoms with Crippen molar-refractivity contribution in [1.82, 2.24) is 4.90 Å². The summed E-state index contributed by atoms with van der Waals surface area (Å²) in [7, 11) is 1.57. The summed E-state index contributed by atoms with van der Waals surface area (Å²) in [6.45, 7) is 3.85. The molecule has 28 heavy (non-hydrogen) atoms. The van der Waals surface area contributed by atoms with Gasteiger partial charge in [-0.1, -0.05) is 18.2 Å². The number of fused-ring (bicyclic) bond motifs is 1. The molecule has 2 aliphatic rings. The van der Waals surface area contributed by atoms with Gasteiger partial charge in [0.2, 0.25) is 0 Å². The first-order valence-corrected chi connectivity index (χ1v) is 8.48. The summed E-state index contributed by atoms with van der Waals surface area (Å²) >= 11 is 0. The fourth-order valence-corrected chi connectivity index (χ4v) is 3.45. The Labute approximate surface area is 159 Å². The first-order valence-electron chi connectivity index (χ1n) is 8.48. The molecule has 0 atom stereocenters. The molecule has 1 aromatic carbocycles. The van der Waals surface area contributed by atoms with Crippen LogP contribution >= 0.6 is 0 Å². The lowest BCUT2D eigenvalue weighted by molar-refractivity contribution is -0.305. The van der Waals surface area contributed by atoms with Crippen molar-refractivity contribution < 1.29 is 32.2 Å². The maximum absolute atomic E-state index is 12.5. The highest BCUT2D eigenvalue weighted by atomic mass is 19.4. The Morgan fingerprint density at radius 1 is 1.11 bits per heavy atom. The molecule has 1 amide bonds. The quantitative estimate of drug-likeness (QED) is 0.729. The number of carbonyl (C=O) groups excluding carboxylic acids is 2. The van der Waals surface area contributed by atoms with Gasteiger partial charge in [-0.2, -0.15) is 0 Å². The van der Waals surface area contributed by atoms with Crippen molar-refractivity contribution in [3.8, 4) is 5.75 Å². The molecule has 0 radical (unpaired) electrons. The first kappa shape index (κ1) is 19.7. The molecule has 3 rings (SSSR count). The number of hydrogen-bond acceptors (Lipinski definition) is 4. The maximum Gasteiger partial charge on any atom is 0.572 e. The highest BCUT2D eigenvalue weighted by molar-refractivity contribution is 6.47. The lowest BCUT2D eigenvalue weighted by atomic mass is 10.1. The van der Waals surface area contributed by atoms with E-state index in [1.807, 2.05) is 26.0 Å². The van der Waals surface area contributed by atoms with E-state index in [4.69, 9.17) is 4.74 Å². The van der Waals surface area contributed by atoms with Crippen LogP contribution in [-0.4, -0.2) is 30.1 Å². The molecule has 0 bridgehead atoms. The van der Waals surface area contributed by atoms with E-state index >= 15 is 0 Å². The van der Waals surface area contributed by atoms with Gasteiger partial charge in [-0.05, 0) is 42.7 Å². The van der Waals surface area contributed by atoms with Crippen molar-refractivity contribution in [2.24, 2.45) is 0 Å². The number of aryl methyl sites for hydroxylation is 2. The Bertz CT molecular complexity index is 918. The van der Waals surface area contributed by atoms with Gasteiger partial charge in [-0.25, -0.2) is 0 Å². The van der Waals surface area contributed by atoms with Gasteiger partial charge in [0.15, 0.2) is 0 Å². The van der Waals surface area contributed by atoms with E-state index in [9.17, 15) is 22.8 Å². The summed E-state index contributed by atoms with van der Waals surface area (Å²) in [6.07, 6.45) is -1.31. The zero-order valence-electron chi connectivity index (χ0n) is 15.5. The normalized spacial score (nSPS) is 16.9. The average molecular weight is 393 g/mol. The van der Waals surface area contributed by atoms with Crippen molar-refractivity contribution >= 4 is 11.7 Å². The molecule has 1 saturated heterocycles. The molecular formula is C20H18F3NO4. The topological polar surface area (TPSA) is 55.8 Å². The minimum atomic E-state index is -4.82. The van der Waals surface area contributed by atoms with E-state index in [-0.39, 0.29) is 30.0 Å². The molecule has 0 N–H and O–H groups in total. The van der Waals surface area contributed by atoms with Gasteiger partial charge in [0.05, 0.1) is 19.4 Å². The average Bonchev–Trinajstić information content (AvgIpc) is 2.73. The number of carbonyl (C=O) groups is 2. The molecule has 1 aliphatic heterocycles. The molecule has 1 heterocycles. The van der Waals surface area contributed by atoms with E-state index in [1.165, 1.54) is 17.1 Å². The first-order chi connectivity index (χ1) is 13.1. The van der Waals surface area contributed by atoms with Crippen molar-refractivity contribution in [3.63, 3.8) is 0 Å². The van der Waals surface area contributed by atoms with Crippen LogP contribution in [-0.2, 0) is 20.9 Å². The maximum atomic E-state index is 12.5. The van der Waals surface area contributed by atoms with E-state index in [2.05, 4.69) is 4.74 Å². The monoisotopic (exact) mass is 393 g/mol. The zero-order valence-corrected chi connectivity index (χ0v) is 15.5. The molecule has 1 fully saturated rings. The number of alkyl halides is 3. The van der Waals surface area contributed by atoms with Gasteiger partial charge in [0, 0.05) is 12.0 Å². The number of ether oxygens (including phenoxy) is 2. The predicted octanol–water partition coefficient (Wildman–Crippen LogP) is 3.86. The molecule has 8 heteroatoms. The lowest BCUT2D eigenvalue weighted by Crippen LogP contribution is -2.26. The third kappa shape index (κ3) is 3.81. The van der Waals surface area contributed by atoms with Crippen LogP contribution < -0.4 is 4.74 Å². The Morgan fingerprint density at radius 3 is 2.32 bits per heavy atom. The van der Waals surface area contributed by atoms with Crippen molar-refractivity contribution in [1.29, 1.82) is 0 Å². The second-order valence-electron chi connectivity index (χ2n) is 6.54. The highest BCUT2D eigenvalue weighted by Crippen LogP contribution is 2.33. The van der Waals surface area contributed by atoms with Gasteiger partial charge in [0.25, 0.3) is 11.7 Å². The smallest absolute Gasteiger partial charge is 0.496 e. The summed E-state index contributed by atoms with van der Waals surface area (Å²) < 4.78 is 46.6. The van der Waals surface area contributed by atoms with Crippen LogP contribution in [0, 0.1) is 13.8 Å². The standard InChI is InChI=1S/C20H18F3NO4/c1-11-8-13(9-12(2)18(11)27-3)10-24-16-7-5-14(28-20(21,22)23)4-6-15(16)17(25)19(24)26/h5-9H,4,10H2,1-3H3. The summed E-state index contributed by atoms with van der Waals surface area (Å²) in [5.74, 6) is -1.07. The Morgan fingerprint density at radius 2 is 1.75 bits per heavy atom. The van der Waals surface area contributed by atoms with Crippen molar-refractivity contribution in [3.05, 3.63) is 64.1 Å². The molecule has 148 valence electrons. The van der Waals surface area contributed by atoms with Crippen molar-refractivity contribution in [2.75, 3.05) is 7.11 Å². The second kappa shape index (κ2) is 7.18. The molecule has 0 unspecified atom stereocenters. The van der Waals surface area contributed by atoms with Crippen LogP contribution in [0.3, 0.4) is 0 Å². The zero-order chi connectivity index (χ0) is 20.6.